The Morgan fingerprint density at radius 3 is 2.44 bits per heavy atom. The monoisotopic (exact) mass is 456 g/mol. The molecule has 2 aromatic carbocycles. The summed E-state index contributed by atoms with van der Waals surface area (Å²) in [5, 5.41) is 2.84. The lowest BCUT2D eigenvalue weighted by molar-refractivity contribution is -0.120. The number of anilines is 1. The first kappa shape index (κ1) is 22.5. The number of hydrogen-bond donors (Lipinski definition) is 1. The van der Waals surface area contributed by atoms with Gasteiger partial charge in [0.05, 0.1) is 17.6 Å². The maximum absolute atomic E-state index is 13.2. The van der Waals surface area contributed by atoms with Gasteiger partial charge < -0.3 is 10.1 Å². The molecular formula is C24H28N2O5S. The van der Waals surface area contributed by atoms with E-state index < -0.39 is 16.0 Å². The minimum absolute atomic E-state index is 0.169. The standard InChI is InChI=1S/C24H28N2O5S/c1-31-24(28)20-7-4-8-21(15-20)25-23(27)18-11-13-26(14-12-18)32(29,30)22-10-9-17-5-2-3-6-19(17)16-22/h4,7-10,15-16,18H,2-3,5-6,11-14H2,1H3,(H,25,27). The highest BCUT2D eigenvalue weighted by Gasteiger charge is 2.32. The van der Waals surface area contributed by atoms with Gasteiger partial charge in [-0.2, -0.15) is 4.31 Å². The van der Waals surface area contributed by atoms with Crippen LogP contribution in [0.2, 0.25) is 0 Å². The molecule has 0 saturated carbocycles. The Balaban J connectivity index is 1.38. The van der Waals surface area contributed by atoms with Crippen LogP contribution in [0.15, 0.2) is 47.4 Å². The van der Waals surface area contributed by atoms with E-state index in [2.05, 4.69) is 5.32 Å². The number of aryl methyl sites for hydroxylation is 2. The number of amides is 1. The van der Waals surface area contributed by atoms with Crippen LogP contribution in [0.1, 0.15) is 47.2 Å². The molecule has 0 unspecified atom stereocenters. The van der Waals surface area contributed by atoms with Crippen LogP contribution >= 0.6 is 0 Å². The van der Waals surface area contributed by atoms with Crippen molar-refractivity contribution < 1.29 is 22.7 Å². The number of ether oxygens (including phenoxy) is 1. The van der Waals surface area contributed by atoms with Crippen LogP contribution in [-0.2, 0) is 32.4 Å². The summed E-state index contributed by atoms with van der Waals surface area (Å²) >= 11 is 0. The molecule has 0 bridgehead atoms. The van der Waals surface area contributed by atoms with Gasteiger partial charge in [-0.1, -0.05) is 12.1 Å². The third-order valence-electron chi connectivity index (χ3n) is 6.33. The summed E-state index contributed by atoms with van der Waals surface area (Å²) in [5.74, 6) is -0.925. The van der Waals surface area contributed by atoms with Gasteiger partial charge in [0.2, 0.25) is 15.9 Å². The minimum atomic E-state index is -3.57. The highest BCUT2D eigenvalue weighted by Crippen LogP contribution is 2.28. The van der Waals surface area contributed by atoms with Crippen molar-refractivity contribution in [1.82, 2.24) is 4.31 Å². The molecule has 2 aliphatic rings. The summed E-state index contributed by atoms with van der Waals surface area (Å²) in [6, 6.07) is 12.1. The van der Waals surface area contributed by atoms with E-state index in [9.17, 15) is 18.0 Å². The predicted octanol–water partition coefficient (Wildman–Crippen LogP) is 3.39. The molecule has 4 rings (SSSR count). The highest BCUT2D eigenvalue weighted by atomic mass is 32.2. The summed E-state index contributed by atoms with van der Waals surface area (Å²) in [5.41, 5.74) is 3.26. The second-order valence-corrected chi connectivity index (χ2v) is 10.3. The number of carbonyl (C=O) groups is 2. The number of carbonyl (C=O) groups excluding carboxylic acids is 2. The molecule has 1 amide bonds. The number of nitrogens with one attached hydrogen (secondary N) is 1. The zero-order valence-corrected chi connectivity index (χ0v) is 19.0. The van der Waals surface area contributed by atoms with Crippen LogP contribution < -0.4 is 5.32 Å². The van der Waals surface area contributed by atoms with Crippen LogP contribution in [0.5, 0.6) is 0 Å². The van der Waals surface area contributed by atoms with E-state index in [-0.39, 0.29) is 11.8 Å². The fourth-order valence-corrected chi connectivity index (χ4v) is 5.98. The summed E-state index contributed by atoms with van der Waals surface area (Å²) < 4.78 is 32.5. The first-order valence-electron chi connectivity index (χ1n) is 11.0. The Bertz CT molecular complexity index is 1120. The Kier molecular flexibility index (Phi) is 6.62. The number of sulfonamides is 1. The van der Waals surface area contributed by atoms with Crippen molar-refractivity contribution in [3.05, 3.63) is 59.2 Å². The third-order valence-corrected chi connectivity index (χ3v) is 8.23. The molecule has 8 heteroatoms. The van der Waals surface area contributed by atoms with Crippen LogP contribution in [-0.4, -0.2) is 44.8 Å². The molecule has 2 aromatic rings. The van der Waals surface area contributed by atoms with E-state index in [1.807, 2.05) is 12.1 Å². The molecule has 1 N–H and O–H groups in total. The molecule has 0 radical (unpaired) electrons. The van der Waals surface area contributed by atoms with Crippen LogP contribution in [0.4, 0.5) is 5.69 Å². The van der Waals surface area contributed by atoms with Gasteiger partial charge in [-0.05, 0) is 80.0 Å². The molecule has 32 heavy (non-hydrogen) atoms. The summed E-state index contributed by atoms with van der Waals surface area (Å²) in [4.78, 5) is 24.7. The average molecular weight is 457 g/mol. The predicted molar refractivity (Wildman–Crippen MR) is 121 cm³/mol. The number of hydrogen-bond acceptors (Lipinski definition) is 5. The first-order chi connectivity index (χ1) is 15.4. The molecule has 1 aliphatic carbocycles. The van der Waals surface area contributed by atoms with Gasteiger partial charge in [-0.3, -0.25) is 4.79 Å². The second kappa shape index (κ2) is 9.42. The quantitative estimate of drug-likeness (QED) is 0.696. The van der Waals surface area contributed by atoms with Crippen LogP contribution in [0.3, 0.4) is 0 Å². The molecule has 0 spiro atoms. The van der Waals surface area contributed by atoms with Crippen molar-refractivity contribution in [2.75, 3.05) is 25.5 Å². The van der Waals surface area contributed by atoms with Gasteiger partial charge in [0.1, 0.15) is 0 Å². The van der Waals surface area contributed by atoms with E-state index >= 15 is 0 Å². The fourth-order valence-electron chi connectivity index (χ4n) is 4.46. The molecule has 170 valence electrons. The normalized spacial score (nSPS) is 17.4. The maximum Gasteiger partial charge on any atom is 0.337 e. The molecule has 7 nitrogen and oxygen atoms in total. The number of nitrogens with zero attached hydrogens (tertiary/aromatic N) is 1. The minimum Gasteiger partial charge on any atom is -0.465 e. The summed E-state index contributed by atoms with van der Waals surface area (Å²) in [6.07, 6.45) is 5.09. The number of piperidine rings is 1. The number of benzene rings is 2. The largest absolute Gasteiger partial charge is 0.465 e. The van der Waals surface area contributed by atoms with Crippen molar-refractivity contribution in [1.29, 1.82) is 0 Å². The molecule has 0 aromatic heterocycles. The smallest absolute Gasteiger partial charge is 0.337 e. The van der Waals surface area contributed by atoms with Gasteiger partial charge in [-0.25, -0.2) is 13.2 Å². The molecule has 1 heterocycles. The maximum atomic E-state index is 13.2. The molecular weight excluding hydrogens is 428 g/mol. The van der Waals surface area contributed by atoms with Gasteiger partial charge in [0.25, 0.3) is 0 Å². The first-order valence-corrected chi connectivity index (χ1v) is 12.4. The van der Waals surface area contributed by atoms with Crippen LogP contribution in [0.25, 0.3) is 0 Å². The topological polar surface area (TPSA) is 92.8 Å². The Morgan fingerprint density at radius 1 is 1.00 bits per heavy atom. The number of fused-ring (bicyclic) bond motifs is 1. The van der Waals surface area contributed by atoms with E-state index in [0.717, 1.165) is 31.2 Å². The van der Waals surface area contributed by atoms with Gasteiger partial charge >= 0.3 is 5.97 Å². The highest BCUT2D eigenvalue weighted by molar-refractivity contribution is 7.89. The Morgan fingerprint density at radius 2 is 1.72 bits per heavy atom. The van der Waals surface area contributed by atoms with Crippen molar-refractivity contribution in [2.45, 2.75) is 43.4 Å². The lowest BCUT2D eigenvalue weighted by Gasteiger charge is -2.31. The number of rotatable bonds is 5. The van der Waals surface area contributed by atoms with E-state index in [1.54, 1.807) is 30.3 Å². The van der Waals surface area contributed by atoms with Crippen molar-refractivity contribution in [3.8, 4) is 0 Å². The van der Waals surface area contributed by atoms with Crippen molar-refractivity contribution in [3.63, 3.8) is 0 Å². The second-order valence-electron chi connectivity index (χ2n) is 8.38. The molecule has 0 atom stereocenters. The van der Waals surface area contributed by atoms with E-state index in [0.29, 0.717) is 42.1 Å². The van der Waals surface area contributed by atoms with Crippen molar-refractivity contribution in [2.24, 2.45) is 5.92 Å². The lowest BCUT2D eigenvalue weighted by Crippen LogP contribution is -2.41. The van der Waals surface area contributed by atoms with Crippen molar-refractivity contribution >= 4 is 27.6 Å². The van der Waals surface area contributed by atoms with Gasteiger partial charge in [0, 0.05) is 24.7 Å². The Labute approximate surface area is 188 Å². The van der Waals surface area contributed by atoms with E-state index in [1.165, 1.54) is 17.0 Å². The summed E-state index contributed by atoms with van der Waals surface area (Å²) in [6.45, 7) is 0.611. The summed E-state index contributed by atoms with van der Waals surface area (Å²) in [7, 11) is -2.27. The average Bonchev–Trinajstić information content (AvgIpc) is 2.83. The zero-order chi connectivity index (χ0) is 22.7. The van der Waals surface area contributed by atoms with Crippen LogP contribution in [0, 0.1) is 5.92 Å². The number of esters is 1. The lowest BCUT2D eigenvalue weighted by atomic mass is 9.92. The molecule has 1 aliphatic heterocycles. The SMILES string of the molecule is COC(=O)c1cccc(NC(=O)C2CCN(S(=O)(=O)c3ccc4c(c3)CCCC4)CC2)c1. The molecule has 1 saturated heterocycles. The van der Waals surface area contributed by atoms with Gasteiger partial charge in [0.15, 0.2) is 0 Å². The van der Waals surface area contributed by atoms with Gasteiger partial charge in [-0.15, -0.1) is 0 Å². The fraction of sp³-hybridized carbons (Fsp3) is 0.417. The Hall–Kier alpha value is -2.71. The number of methoxy groups -OCH3 is 1. The zero-order valence-electron chi connectivity index (χ0n) is 18.2. The molecule has 1 fully saturated rings. The third kappa shape index (κ3) is 4.71. The van der Waals surface area contributed by atoms with E-state index in [4.69, 9.17) is 4.74 Å².